The lowest BCUT2D eigenvalue weighted by Gasteiger charge is -2.16. The summed E-state index contributed by atoms with van der Waals surface area (Å²) in [7, 11) is 1.81. The molecule has 1 saturated heterocycles. The van der Waals surface area contributed by atoms with Gasteiger partial charge in [-0.1, -0.05) is 0 Å². The fourth-order valence-corrected chi connectivity index (χ4v) is 1.75. The SMILES string of the molecule is CN1CCN(CCOc2ccc(N)cc2)C1=O. The number of anilines is 1. The van der Waals surface area contributed by atoms with Crippen LogP contribution in [0.25, 0.3) is 0 Å². The molecule has 0 unspecified atom stereocenters. The van der Waals surface area contributed by atoms with Gasteiger partial charge in [-0.3, -0.25) is 0 Å². The lowest BCUT2D eigenvalue weighted by atomic mass is 10.3. The predicted molar refractivity (Wildman–Crippen MR) is 65.9 cm³/mol. The van der Waals surface area contributed by atoms with Gasteiger partial charge in [0, 0.05) is 25.8 Å². The number of urea groups is 1. The van der Waals surface area contributed by atoms with Crippen LogP contribution in [-0.2, 0) is 0 Å². The van der Waals surface area contributed by atoms with Crippen LogP contribution in [0.4, 0.5) is 10.5 Å². The highest BCUT2D eigenvalue weighted by Gasteiger charge is 2.24. The van der Waals surface area contributed by atoms with E-state index in [-0.39, 0.29) is 6.03 Å². The first kappa shape index (κ1) is 11.6. The maximum absolute atomic E-state index is 11.6. The minimum absolute atomic E-state index is 0.0749. The lowest BCUT2D eigenvalue weighted by Crippen LogP contribution is -2.32. The molecule has 0 atom stereocenters. The van der Waals surface area contributed by atoms with E-state index < -0.39 is 0 Å². The predicted octanol–water partition coefficient (Wildman–Crippen LogP) is 1.01. The Morgan fingerprint density at radius 1 is 1.29 bits per heavy atom. The fourth-order valence-electron chi connectivity index (χ4n) is 1.75. The van der Waals surface area contributed by atoms with Crippen molar-refractivity contribution < 1.29 is 9.53 Å². The van der Waals surface area contributed by atoms with Gasteiger partial charge in [0.15, 0.2) is 0 Å². The second-order valence-corrected chi connectivity index (χ2v) is 4.11. The summed E-state index contributed by atoms with van der Waals surface area (Å²) in [6, 6.07) is 7.32. The van der Waals surface area contributed by atoms with Crippen molar-refractivity contribution in [2.75, 3.05) is 39.0 Å². The van der Waals surface area contributed by atoms with Crippen molar-refractivity contribution in [3.63, 3.8) is 0 Å². The first-order valence-electron chi connectivity index (χ1n) is 5.65. The van der Waals surface area contributed by atoms with E-state index >= 15 is 0 Å². The number of likely N-dealkylation sites (N-methyl/N-ethyl adjacent to an activating group) is 1. The van der Waals surface area contributed by atoms with E-state index in [9.17, 15) is 4.79 Å². The van der Waals surface area contributed by atoms with E-state index in [4.69, 9.17) is 10.5 Å². The van der Waals surface area contributed by atoms with Crippen molar-refractivity contribution in [1.82, 2.24) is 9.80 Å². The maximum Gasteiger partial charge on any atom is 0.319 e. The molecular formula is C12H17N3O2. The molecule has 0 aliphatic carbocycles. The summed E-state index contributed by atoms with van der Waals surface area (Å²) in [5.41, 5.74) is 6.29. The van der Waals surface area contributed by atoms with Crippen molar-refractivity contribution in [2.24, 2.45) is 0 Å². The number of rotatable bonds is 4. The summed E-state index contributed by atoms with van der Waals surface area (Å²) in [4.78, 5) is 15.1. The minimum atomic E-state index is 0.0749. The smallest absolute Gasteiger partial charge is 0.319 e. The molecule has 0 aromatic heterocycles. The van der Waals surface area contributed by atoms with E-state index in [1.165, 1.54) is 0 Å². The summed E-state index contributed by atoms with van der Waals surface area (Å²) in [5.74, 6) is 0.777. The van der Waals surface area contributed by atoms with Gasteiger partial charge in [0.1, 0.15) is 12.4 Å². The largest absolute Gasteiger partial charge is 0.492 e. The molecule has 1 aromatic rings. The number of ether oxygens (including phenoxy) is 1. The number of carbonyl (C=O) groups excluding carboxylic acids is 1. The molecule has 1 aromatic carbocycles. The van der Waals surface area contributed by atoms with Crippen LogP contribution in [0.1, 0.15) is 0 Å². The number of nitrogens with two attached hydrogens (primary N) is 1. The summed E-state index contributed by atoms with van der Waals surface area (Å²) in [5, 5.41) is 0. The van der Waals surface area contributed by atoms with Crippen LogP contribution in [0.5, 0.6) is 5.75 Å². The fraction of sp³-hybridized carbons (Fsp3) is 0.417. The van der Waals surface area contributed by atoms with Gasteiger partial charge in [0.2, 0.25) is 0 Å². The van der Waals surface area contributed by atoms with Gasteiger partial charge in [-0.05, 0) is 24.3 Å². The Balaban J connectivity index is 1.76. The molecule has 1 aliphatic heterocycles. The van der Waals surface area contributed by atoms with Gasteiger partial charge in [-0.2, -0.15) is 0 Å². The molecule has 0 spiro atoms. The molecule has 1 fully saturated rings. The molecule has 5 nitrogen and oxygen atoms in total. The third-order valence-corrected chi connectivity index (χ3v) is 2.81. The normalized spacial score (nSPS) is 15.5. The molecule has 2 amide bonds. The number of benzene rings is 1. The van der Waals surface area contributed by atoms with E-state index in [0.717, 1.165) is 18.8 Å². The zero-order valence-corrected chi connectivity index (χ0v) is 9.93. The van der Waals surface area contributed by atoms with Crippen molar-refractivity contribution >= 4 is 11.7 Å². The highest BCUT2D eigenvalue weighted by atomic mass is 16.5. The van der Waals surface area contributed by atoms with E-state index in [1.807, 2.05) is 19.2 Å². The van der Waals surface area contributed by atoms with E-state index in [1.54, 1.807) is 21.9 Å². The number of hydrogen-bond acceptors (Lipinski definition) is 3. The highest BCUT2D eigenvalue weighted by molar-refractivity contribution is 5.76. The number of hydrogen-bond donors (Lipinski definition) is 1. The molecule has 2 rings (SSSR count). The van der Waals surface area contributed by atoms with Gasteiger partial charge in [-0.15, -0.1) is 0 Å². The molecule has 0 bridgehead atoms. The van der Waals surface area contributed by atoms with Crippen LogP contribution in [0.2, 0.25) is 0 Å². The van der Waals surface area contributed by atoms with Gasteiger partial charge in [-0.25, -0.2) is 4.79 Å². The molecule has 1 aliphatic rings. The van der Waals surface area contributed by atoms with Crippen molar-refractivity contribution in [2.45, 2.75) is 0 Å². The van der Waals surface area contributed by atoms with Crippen LogP contribution >= 0.6 is 0 Å². The first-order chi connectivity index (χ1) is 8.16. The van der Waals surface area contributed by atoms with Gasteiger partial charge >= 0.3 is 6.03 Å². The molecule has 5 heteroatoms. The molecule has 1 heterocycles. The molecule has 17 heavy (non-hydrogen) atoms. The van der Waals surface area contributed by atoms with Crippen molar-refractivity contribution in [3.05, 3.63) is 24.3 Å². The van der Waals surface area contributed by atoms with E-state index in [0.29, 0.717) is 18.8 Å². The topological polar surface area (TPSA) is 58.8 Å². The van der Waals surface area contributed by atoms with Gasteiger partial charge in [0.25, 0.3) is 0 Å². The number of amides is 2. The Bertz CT molecular complexity index is 391. The Hall–Kier alpha value is -1.91. The summed E-state index contributed by atoms with van der Waals surface area (Å²) in [6.07, 6.45) is 0. The number of nitrogen functional groups attached to an aromatic ring is 1. The molecular weight excluding hydrogens is 218 g/mol. The number of carbonyl (C=O) groups is 1. The average molecular weight is 235 g/mol. The van der Waals surface area contributed by atoms with Crippen LogP contribution in [0.15, 0.2) is 24.3 Å². The monoisotopic (exact) mass is 235 g/mol. The zero-order valence-electron chi connectivity index (χ0n) is 9.93. The van der Waals surface area contributed by atoms with E-state index in [2.05, 4.69) is 0 Å². The quantitative estimate of drug-likeness (QED) is 0.792. The average Bonchev–Trinajstić information content (AvgIpc) is 2.64. The Morgan fingerprint density at radius 3 is 2.59 bits per heavy atom. The van der Waals surface area contributed by atoms with Crippen LogP contribution in [0.3, 0.4) is 0 Å². The summed E-state index contributed by atoms with van der Waals surface area (Å²) >= 11 is 0. The second-order valence-electron chi connectivity index (χ2n) is 4.11. The van der Waals surface area contributed by atoms with Crippen LogP contribution in [-0.4, -0.2) is 49.1 Å². The molecule has 92 valence electrons. The Labute approximate surface area is 101 Å². The Kier molecular flexibility index (Phi) is 3.37. The first-order valence-corrected chi connectivity index (χ1v) is 5.65. The maximum atomic E-state index is 11.6. The zero-order chi connectivity index (χ0) is 12.3. The van der Waals surface area contributed by atoms with Gasteiger partial charge < -0.3 is 20.3 Å². The van der Waals surface area contributed by atoms with Crippen molar-refractivity contribution in [1.29, 1.82) is 0 Å². The van der Waals surface area contributed by atoms with Crippen molar-refractivity contribution in [3.8, 4) is 5.75 Å². The summed E-state index contributed by atoms with van der Waals surface area (Å²) in [6.45, 7) is 2.69. The number of nitrogens with zero attached hydrogens (tertiary/aromatic N) is 2. The van der Waals surface area contributed by atoms with Gasteiger partial charge in [0.05, 0.1) is 6.54 Å². The van der Waals surface area contributed by atoms with Crippen LogP contribution in [0, 0.1) is 0 Å². The molecule has 2 N–H and O–H groups in total. The Morgan fingerprint density at radius 2 is 2.00 bits per heavy atom. The molecule has 0 radical (unpaired) electrons. The standard InChI is InChI=1S/C12H17N3O2/c1-14-6-7-15(12(14)16)8-9-17-11-4-2-10(13)3-5-11/h2-5H,6-9,13H2,1H3. The third kappa shape index (κ3) is 2.81. The highest BCUT2D eigenvalue weighted by Crippen LogP contribution is 2.13. The molecule has 0 saturated carbocycles. The van der Waals surface area contributed by atoms with Crippen LogP contribution < -0.4 is 10.5 Å². The lowest BCUT2D eigenvalue weighted by molar-refractivity contribution is 0.188. The summed E-state index contributed by atoms with van der Waals surface area (Å²) < 4.78 is 5.54. The minimum Gasteiger partial charge on any atom is -0.492 e. The second kappa shape index (κ2) is 4.95. The third-order valence-electron chi connectivity index (χ3n) is 2.81.